The minimum atomic E-state index is 1.04. The average molecular weight is 137 g/mol. The van der Waals surface area contributed by atoms with Crippen molar-refractivity contribution in [1.82, 2.24) is 0 Å². The van der Waals surface area contributed by atoms with E-state index in [1.54, 1.807) is 0 Å². The summed E-state index contributed by atoms with van der Waals surface area (Å²) in [6, 6.07) is 0. The van der Waals surface area contributed by atoms with Gasteiger partial charge in [0.05, 0.1) is 5.70 Å². The molecule has 0 aliphatic carbocycles. The molecule has 0 aliphatic heterocycles. The second-order valence-corrected chi connectivity index (χ2v) is 1.92. The van der Waals surface area contributed by atoms with Gasteiger partial charge in [0.1, 0.15) is 0 Å². The Hall–Kier alpha value is -0.850. The molecule has 1 nitrogen and oxygen atoms in total. The van der Waals surface area contributed by atoms with E-state index in [4.69, 9.17) is 0 Å². The Labute approximate surface area is 63.2 Å². The molecule has 0 saturated heterocycles. The maximum atomic E-state index is 4.15. The van der Waals surface area contributed by atoms with Gasteiger partial charge in [-0.25, -0.2) is 0 Å². The Bertz CT molecular complexity index is 138. The molecule has 0 radical (unpaired) electrons. The predicted octanol–water partition coefficient (Wildman–Crippen LogP) is 2.95. The van der Waals surface area contributed by atoms with Gasteiger partial charge in [-0.15, -0.1) is 0 Å². The van der Waals surface area contributed by atoms with Crippen molar-refractivity contribution in [3.8, 4) is 0 Å². The van der Waals surface area contributed by atoms with Crippen LogP contribution in [0.2, 0.25) is 0 Å². The van der Waals surface area contributed by atoms with Crippen LogP contribution < -0.4 is 0 Å². The summed E-state index contributed by atoms with van der Waals surface area (Å²) in [5, 5.41) is 0. The van der Waals surface area contributed by atoms with Crippen LogP contribution in [0.3, 0.4) is 0 Å². The highest BCUT2D eigenvalue weighted by Gasteiger charge is 1.80. The number of allylic oxidation sites excluding steroid dienone is 3. The van der Waals surface area contributed by atoms with Gasteiger partial charge in [0.2, 0.25) is 0 Å². The van der Waals surface area contributed by atoms with Gasteiger partial charge in [0.15, 0.2) is 0 Å². The molecular weight excluding hydrogens is 122 g/mol. The topological polar surface area (TPSA) is 12.4 Å². The van der Waals surface area contributed by atoms with Crippen LogP contribution in [-0.4, -0.2) is 6.21 Å². The maximum absolute atomic E-state index is 4.15. The molecule has 0 spiro atoms. The summed E-state index contributed by atoms with van der Waals surface area (Å²) < 4.78 is 0. The van der Waals surface area contributed by atoms with Crippen LogP contribution in [0, 0.1) is 0 Å². The Morgan fingerprint density at radius 3 is 2.50 bits per heavy atom. The van der Waals surface area contributed by atoms with E-state index in [9.17, 15) is 0 Å². The van der Waals surface area contributed by atoms with Crippen LogP contribution in [0.5, 0.6) is 0 Å². The fourth-order valence-corrected chi connectivity index (χ4v) is 0.693. The highest BCUT2D eigenvalue weighted by molar-refractivity contribution is 5.56. The van der Waals surface area contributed by atoms with E-state index < -0.39 is 0 Å². The van der Waals surface area contributed by atoms with E-state index in [-0.39, 0.29) is 0 Å². The molecule has 10 heavy (non-hydrogen) atoms. The number of nitrogens with zero attached hydrogens (tertiary/aromatic N) is 1. The first kappa shape index (κ1) is 9.15. The third-order valence-electron chi connectivity index (χ3n) is 1.03. The summed E-state index contributed by atoms with van der Waals surface area (Å²) in [6.45, 7) is 6.02. The average Bonchev–Trinajstić information content (AvgIpc) is 1.90. The SMILES string of the molecule is CC=NC(/C=C\C)=C\CC. The zero-order valence-corrected chi connectivity index (χ0v) is 6.96. The van der Waals surface area contributed by atoms with Gasteiger partial charge in [-0.1, -0.05) is 19.1 Å². The Balaban J connectivity index is 4.11. The first-order valence-corrected chi connectivity index (χ1v) is 3.66. The van der Waals surface area contributed by atoms with E-state index in [0.717, 1.165) is 12.1 Å². The van der Waals surface area contributed by atoms with Crippen LogP contribution in [-0.2, 0) is 0 Å². The standard InChI is InChI=1S/C9H15N/c1-4-7-9(8-5-2)10-6-3/h4,6-8H,5H2,1-3H3/b7-4-,9-8-,10-6?. The summed E-state index contributed by atoms with van der Waals surface area (Å²) in [4.78, 5) is 4.15. The van der Waals surface area contributed by atoms with E-state index in [1.807, 2.05) is 32.2 Å². The fraction of sp³-hybridized carbons (Fsp3) is 0.444. The monoisotopic (exact) mass is 137 g/mol. The molecule has 1 heteroatoms. The van der Waals surface area contributed by atoms with Crippen molar-refractivity contribution in [1.29, 1.82) is 0 Å². The van der Waals surface area contributed by atoms with Gasteiger partial charge in [0, 0.05) is 6.21 Å². The highest BCUT2D eigenvalue weighted by Crippen LogP contribution is 1.99. The Morgan fingerprint density at radius 2 is 2.10 bits per heavy atom. The first-order chi connectivity index (χ1) is 4.85. The van der Waals surface area contributed by atoms with Gasteiger partial charge in [-0.3, -0.25) is 4.99 Å². The van der Waals surface area contributed by atoms with Crippen LogP contribution in [0.4, 0.5) is 0 Å². The largest absolute Gasteiger partial charge is 0.262 e. The van der Waals surface area contributed by atoms with Crippen molar-refractivity contribution in [3.05, 3.63) is 23.9 Å². The third kappa shape index (κ3) is 4.07. The van der Waals surface area contributed by atoms with Crippen molar-refractivity contribution in [2.24, 2.45) is 4.99 Å². The lowest BCUT2D eigenvalue weighted by Crippen LogP contribution is -1.71. The molecule has 0 aromatic rings. The molecule has 0 N–H and O–H groups in total. The van der Waals surface area contributed by atoms with Gasteiger partial charge in [-0.2, -0.15) is 0 Å². The Morgan fingerprint density at radius 1 is 1.40 bits per heavy atom. The molecule has 56 valence electrons. The lowest BCUT2D eigenvalue weighted by Gasteiger charge is -1.89. The normalized spacial score (nSPS) is 13.7. The summed E-state index contributed by atoms with van der Waals surface area (Å²) in [6.07, 6.45) is 8.94. The number of aliphatic imine (C=N–C) groups is 1. The molecular formula is C9H15N. The molecule has 0 saturated carbocycles. The lowest BCUT2D eigenvalue weighted by molar-refractivity contribution is 1.18. The van der Waals surface area contributed by atoms with Crippen molar-refractivity contribution in [2.75, 3.05) is 0 Å². The van der Waals surface area contributed by atoms with Crippen LogP contribution >= 0.6 is 0 Å². The van der Waals surface area contributed by atoms with Gasteiger partial charge >= 0.3 is 0 Å². The molecule has 0 fully saturated rings. The molecule has 0 amide bonds. The third-order valence-corrected chi connectivity index (χ3v) is 1.03. The maximum Gasteiger partial charge on any atom is 0.0582 e. The van der Waals surface area contributed by atoms with Crippen molar-refractivity contribution < 1.29 is 0 Å². The second-order valence-electron chi connectivity index (χ2n) is 1.92. The van der Waals surface area contributed by atoms with Crippen molar-refractivity contribution in [3.63, 3.8) is 0 Å². The zero-order valence-electron chi connectivity index (χ0n) is 6.96. The molecule has 0 heterocycles. The van der Waals surface area contributed by atoms with E-state index in [0.29, 0.717) is 0 Å². The second kappa shape index (κ2) is 6.27. The molecule has 0 aliphatic rings. The molecule has 0 aromatic carbocycles. The van der Waals surface area contributed by atoms with Crippen LogP contribution in [0.1, 0.15) is 27.2 Å². The fourth-order valence-electron chi connectivity index (χ4n) is 0.693. The van der Waals surface area contributed by atoms with Crippen LogP contribution in [0.15, 0.2) is 28.9 Å². The molecule has 0 rings (SSSR count). The summed E-state index contributed by atoms with van der Waals surface area (Å²) >= 11 is 0. The molecule has 0 atom stereocenters. The lowest BCUT2D eigenvalue weighted by atomic mass is 10.3. The minimum absolute atomic E-state index is 1.04. The predicted molar refractivity (Wildman–Crippen MR) is 47.4 cm³/mol. The van der Waals surface area contributed by atoms with E-state index >= 15 is 0 Å². The summed E-state index contributed by atoms with van der Waals surface area (Å²) in [5.41, 5.74) is 1.05. The number of rotatable bonds is 3. The minimum Gasteiger partial charge on any atom is -0.262 e. The first-order valence-electron chi connectivity index (χ1n) is 3.66. The molecule has 0 bridgehead atoms. The summed E-state index contributed by atoms with van der Waals surface area (Å²) in [7, 11) is 0. The molecule has 0 unspecified atom stereocenters. The van der Waals surface area contributed by atoms with Gasteiger partial charge < -0.3 is 0 Å². The van der Waals surface area contributed by atoms with Crippen LogP contribution in [0.25, 0.3) is 0 Å². The number of hydrogen-bond donors (Lipinski definition) is 0. The quantitative estimate of drug-likeness (QED) is 0.419. The van der Waals surface area contributed by atoms with E-state index in [2.05, 4.69) is 18.0 Å². The van der Waals surface area contributed by atoms with Gasteiger partial charge in [0.25, 0.3) is 0 Å². The zero-order chi connectivity index (χ0) is 7.82. The Kier molecular flexibility index (Phi) is 5.74. The van der Waals surface area contributed by atoms with Crippen molar-refractivity contribution >= 4 is 6.21 Å². The summed E-state index contributed by atoms with van der Waals surface area (Å²) in [5.74, 6) is 0. The number of hydrogen-bond acceptors (Lipinski definition) is 1. The highest BCUT2D eigenvalue weighted by atomic mass is 14.7. The smallest absolute Gasteiger partial charge is 0.0582 e. The molecule has 0 aromatic heterocycles. The van der Waals surface area contributed by atoms with Crippen molar-refractivity contribution in [2.45, 2.75) is 27.2 Å². The van der Waals surface area contributed by atoms with Gasteiger partial charge in [-0.05, 0) is 26.3 Å². The van der Waals surface area contributed by atoms with E-state index in [1.165, 1.54) is 0 Å².